The third kappa shape index (κ3) is 3.50. The average molecular weight is 253 g/mol. The number of hydrogen-bond acceptors (Lipinski definition) is 4. The molecule has 0 bridgehead atoms. The molecular weight excluding hydrogens is 230 g/mol. The van der Waals surface area contributed by atoms with E-state index < -0.39 is 0 Å². The van der Waals surface area contributed by atoms with Gasteiger partial charge >= 0.3 is 0 Å². The molecule has 0 aromatic carbocycles. The van der Waals surface area contributed by atoms with E-state index in [1.807, 2.05) is 11.3 Å². The zero-order valence-electron chi connectivity index (χ0n) is 11.1. The standard InChI is InChI=1S/C13H23N3S/c1-4-5-12-9-17-13(15-12)8-16-7-10(2)14-6-11(16)3/h9-11,14H,4-8H2,1-3H3. The molecule has 1 aliphatic rings. The number of rotatable bonds is 4. The topological polar surface area (TPSA) is 28.2 Å². The Bertz CT molecular complexity index is 350. The zero-order valence-corrected chi connectivity index (χ0v) is 11.9. The van der Waals surface area contributed by atoms with Gasteiger partial charge in [0.15, 0.2) is 0 Å². The summed E-state index contributed by atoms with van der Waals surface area (Å²) in [4.78, 5) is 7.25. The molecule has 0 saturated carbocycles. The van der Waals surface area contributed by atoms with Crippen molar-refractivity contribution in [2.75, 3.05) is 13.1 Å². The van der Waals surface area contributed by atoms with E-state index in [9.17, 15) is 0 Å². The van der Waals surface area contributed by atoms with Gasteiger partial charge in [-0.25, -0.2) is 4.98 Å². The minimum Gasteiger partial charge on any atom is -0.311 e. The first kappa shape index (κ1) is 13.0. The molecule has 1 aromatic rings. The summed E-state index contributed by atoms with van der Waals surface area (Å²) in [5, 5.41) is 7.00. The van der Waals surface area contributed by atoms with Gasteiger partial charge in [-0.05, 0) is 20.3 Å². The average Bonchev–Trinajstić information content (AvgIpc) is 2.72. The van der Waals surface area contributed by atoms with Crippen LogP contribution in [0.4, 0.5) is 0 Å². The van der Waals surface area contributed by atoms with Crippen LogP contribution in [0.3, 0.4) is 0 Å². The van der Waals surface area contributed by atoms with Crippen molar-refractivity contribution in [1.29, 1.82) is 0 Å². The van der Waals surface area contributed by atoms with Crippen molar-refractivity contribution in [3.8, 4) is 0 Å². The summed E-state index contributed by atoms with van der Waals surface area (Å²) in [5.41, 5.74) is 1.27. The van der Waals surface area contributed by atoms with Gasteiger partial charge in [0.2, 0.25) is 0 Å². The molecule has 1 fully saturated rings. The fraction of sp³-hybridized carbons (Fsp3) is 0.769. The Morgan fingerprint density at radius 3 is 3.12 bits per heavy atom. The van der Waals surface area contributed by atoms with Gasteiger partial charge in [0, 0.05) is 30.6 Å². The van der Waals surface area contributed by atoms with Crippen molar-refractivity contribution in [2.24, 2.45) is 0 Å². The van der Waals surface area contributed by atoms with E-state index in [1.165, 1.54) is 17.1 Å². The van der Waals surface area contributed by atoms with Crippen LogP contribution >= 0.6 is 11.3 Å². The SMILES string of the molecule is CCCc1csc(CN2CC(C)NCC2C)n1. The Morgan fingerprint density at radius 2 is 2.35 bits per heavy atom. The molecular formula is C13H23N3S. The van der Waals surface area contributed by atoms with Crippen LogP contribution in [0.5, 0.6) is 0 Å². The molecule has 1 aromatic heterocycles. The molecule has 1 saturated heterocycles. The Morgan fingerprint density at radius 1 is 1.53 bits per heavy atom. The van der Waals surface area contributed by atoms with Crippen molar-refractivity contribution in [3.63, 3.8) is 0 Å². The summed E-state index contributed by atoms with van der Waals surface area (Å²) in [7, 11) is 0. The van der Waals surface area contributed by atoms with Gasteiger partial charge in [0.25, 0.3) is 0 Å². The summed E-state index contributed by atoms with van der Waals surface area (Å²) in [6, 6.07) is 1.21. The number of piperazine rings is 1. The molecule has 0 radical (unpaired) electrons. The van der Waals surface area contributed by atoms with Gasteiger partial charge in [-0.15, -0.1) is 11.3 Å². The molecule has 2 atom stereocenters. The zero-order chi connectivity index (χ0) is 12.3. The Labute approximate surface area is 108 Å². The first-order valence-electron chi connectivity index (χ1n) is 6.59. The Hall–Kier alpha value is -0.450. The van der Waals surface area contributed by atoms with Crippen LogP contribution in [0, 0.1) is 0 Å². The summed E-state index contributed by atoms with van der Waals surface area (Å²) in [5.74, 6) is 0. The van der Waals surface area contributed by atoms with Crippen molar-refractivity contribution in [2.45, 2.75) is 52.2 Å². The minimum atomic E-state index is 0.598. The number of aromatic nitrogens is 1. The van der Waals surface area contributed by atoms with Crippen molar-refractivity contribution < 1.29 is 0 Å². The smallest absolute Gasteiger partial charge is 0.107 e. The predicted octanol–water partition coefficient (Wildman–Crippen LogP) is 2.28. The second-order valence-electron chi connectivity index (χ2n) is 5.07. The highest BCUT2D eigenvalue weighted by Crippen LogP contribution is 2.16. The number of aryl methyl sites for hydroxylation is 1. The quantitative estimate of drug-likeness (QED) is 0.892. The van der Waals surface area contributed by atoms with Gasteiger partial charge in [0.1, 0.15) is 5.01 Å². The monoisotopic (exact) mass is 253 g/mol. The van der Waals surface area contributed by atoms with Gasteiger partial charge < -0.3 is 5.32 Å². The van der Waals surface area contributed by atoms with Crippen molar-refractivity contribution in [1.82, 2.24) is 15.2 Å². The van der Waals surface area contributed by atoms with Gasteiger partial charge in [-0.3, -0.25) is 4.90 Å². The molecule has 1 N–H and O–H groups in total. The summed E-state index contributed by atoms with van der Waals surface area (Å²) in [6.45, 7) is 9.99. The molecule has 2 rings (SSSR count). The first-order valence-corrected chi connectivity index (χ1v) is 7.47. The predicted molar refractivity (Wildman–Crippen MR) is 73.4 cm³/mol. The fourth-order valence-corrected chi connectivity index (χ4v) is 3.14. The highest BCUT2D eigenvalue weighted by molar-refractivity contribution is 7.09. The molecule has 17 heavy (non-hydrogen) atoms. The summed E-state index contributed by atoms with van der Waals surface area (Å²) in [6.07, 6.45) is 2.30. The Kier molecular flexibility index (Phi) is 4.54. The van der Waals surface area contributed by atoms with E-state index in [0.29, 0.717) is 12.1 Å². The maximum Gasteiger partial charge on any atom is 0.107 e. The normalized spacial score (nSPS) is 26.3. The van der Waals surface area contributed by atoms with Crippen LogP contribution in [0.1, 0.15) is 37.9 Å². The van der Waals surface area contributed by atoms with Crippen LogP contribution < -0.4 is 5.32 Å². The van der Waals surface area contributed by atoms with E-state index >= 15 is 0 Å². The lowest BCUT2D eigenvalue weighted by Gasteiger charge is -2.36. The number of thiazole rings is 1. The van der Waals surface area contributed by atoms with Crippen LogP contribution in [0.15, 0.2) is 5.38 Å². The largest absolute Gasteiger partial charge is 0.311 e. The molecule has 3 nitrogen and oxygen atoms in total. The highest BCUT2D eigenvalue weighted by Gasteiger charge is 2.22. The van der Waals surface area contributed by atoms with Crippen LogP contribution in [0.2, 0.25) is 0 Å². The van der Waals surface area contributed by atoms with E-state index in [2.05, 4.69) is 36.4 Å². The van der Waals surface area contributed by atoms with Crippen molar-refractivity contribution >= 4 is 11.3 Å². The molecule has 2 heterocycles. The number of nitrogens with zero attached hydrogens (tertiary/aromatic N) is 2. The van der Waals surface area contributed by atoms with Crippen LogP contribution in [-0.4, -0.2) is 35.1 Å². The second-order valence-corrected chi connectivity index (χ2v) is 6.01. The number of hydrogen-bond donors (Lipinski definition) is 1. The lowest BCUT2D eigenvalue weighted by molar-refractivity contribution is 0.138. The lowest BCUT2D eigenvalue weighted by atomic mass is 10.1. The molecule has 0 amide bonds. The maximum atomic E-state index is 4.71. The lowest BCUT2D eigenvalue weighted by Crippen LogP contribution is -2.53. The molecule has 96 valence electrons. The van der Waals surface area contributed by atoms with Gasteiger partial charge in [-0.2, -0.15) is 0 Å². The molecule has 0 aliphatic carbocycles. The maximum absolute atomic E-state index is 4.71. The summed E-state index contributed by atoms with van der Waals surface area (Å²) < 4.78 is 0. The molecule has 1 aliphatic heterocycles. The fourth-order valence-electron chi connectivity index (χ4n) is 2.28. The van der Waals surface area contributed by atoms with E-state index in [-0.39, 0.29) is 0 Å². The van der Waals surface area contributed by atoms with Gasteiger partial charge in [0.05, 0.1) is 12.2 Å². The van der Waals surface area contributed by atoms with Crippen LogP contribution in [-0.2, 0) is 13.0 Å². The van der Waals surface area contributed by atoms with Gasteiger partial charge in [-0.1, -0.05) is 13.3 Å². The first-order chi connectivity index (χ1) is 8.19. The summed E-state index contributed by atoms with van der Waals surface area (Å²) >= 11 is 1.81. The van der Waals surface area contributed by atoms with E-state index in [4.69, 9.17) is 4.98 Å². The van der Waals surface area contributed by atoms with Crippen molar-refractivity contribution in [3.05, 3.63) is 16.1 Å². The highest BCUT2D eigenvalue weighted by atomic mass is 32.1. The van der Waals surface area contributed by atoms with E-state index in [1.54, 1.807) is 0 Å². The third-order valence-corrected chi connectivity index (χ3v) is 4.22. The minimum absolute atomic E-state index is 0.598. The third-order valence-electron chi connectivity index (χ3n) is 3.34. The Balaban J connectivity index is 1.94. The second kappa shape index (κ2) is 5.94. The molecule has 2 unspecified atom stereocenters. The number of nitrogens with one attached hydrogen (secondary N) is 1. The molecule has 0 spiro atoms. The molecule has 4 heteroatoms. The van der Waals surface area contributed by atoms with Crippen LogP contribution in [0.25, 0.3) is 0 Å². The van der Waals surface area contributed by atoms with E-state index in [0.717, 1.165) is 26.1 Å².